The highest BCUT2D eigenvalue weighted by atomic mass is 19.3. The van der Waals surface area contributed by atoms with Crippen LogP contribution in [0.5, 0.6) is 5.75 Å². The second kappa shape index (κ2) is 8.82. The van der Waals surface area contributed by atoms with Gasteiger partial charge in [-0.3, -0.25) is 0 Å². The Hall–Kier alpha value is -1.20. The summed E-state index contributed by atoms with van der Waals surface area (Å²) >= 11 is 0. The van der Waals surface area contributed by atoms with E-state index in [0.717, 1.165) is 17.7 Å². The van der Waals surface area contributed by atoms with Gasteiger partial charge in [0.05, 0.1) is 7.11 Å². The maximum Gasteiger partial charge on any atom is 0.261 e. The van der Waals surface area contributed by atoms with E-state index in [1.54, 1.807) is 7.11 Å². The van der Waals surface area contributed by atoms with Crippen LogP contribution in [0.1, 0.15) is 12.0 Å². The smallest absolute Gasteiger partial charge is 0.261 e. The molecule has 0 heterocycles. The zero-order valence-corrected chi connectivity index (χ0v) is 11.4. The van der Waals surface area contributed by atoms with Gasteiger partial charge in [-0.05, 0) is 31.5 Å². The first-order valence-corrected chi connectivity index (χ1v) is 6.32. The van der Waals surface area contributed by atoms with Crippen LogP contribution >= 0.6 is 0 Å². The van der Waals surface area contributed by atoms with Crippen molar-refractivity contribution in [3.05, 3.63) is 29.8 Å². The largest absolute Gasteiger partial charge is 0.496 e. The number of halogens is 2. The lowest BCUT2D eigenvalue weighted by atomic mass is 10.0. The van der Waals surface area contributed by atoms with E-state index in [1.165, 1.54) is 0 Å². The number of methoxy groups -OCH3 is 1. The van der Waals surface area contributed by atoms with Gasteiger partial charge in [0.2, 0.25) is 0 Å². The summed E-state index contributed by atoms with van der Waals surface area (Å²) in [6.07, 6.45) is -0.943. The van der Waals surface area contributed by atoms with Crippen LogP contribution in [0.3, 0.4) is 0 Å². The van der Waals surface area contributed by atoms with E-state index < -0.39 is 13.0 Å². The van der Waals surface area contributed by atoms with Gasteiger partial charge < -0.3 is 14.8 Å². The molecule has 1 rings (SSSR count). The Morgan fingerprint density at radius 2 is 2.00 bits per heavy atom. The molecule has 0 saturated heterocycles. The minimum atomic E-state index is -2.40. The Kier molecular flexibility index (Phi) is 7.36. The van der Waals surface area contributed by atoms with Gasteiger partial charge in [-0.1, -0.05) is 18.2 Å². The molecule has 0 aliphatic rings. The molecule has 0 amide bonds. The van der Waals surface area contributed by atoms with Crippen LogP contribution in [0, 0.1) is 0 Å². The molecule has 0 spiro atoms. The van der Waals surface area contributed by atoms with E-state index >= 15 is 0 Å². The molecule has 0 aliphatic carbocycles. The average molecular weight is 273 g/mol. The fourth-order valence-electron chi connectivity index (χ4n) is 1.88. The summed E-state index contributed by atoms with van der Waals surface area (Å²) in [5.41, 5.74) is 1.10. The number of hydrogen-bond donors (Lipinski definition) is 1. The highest BCUT2D eigenvalue weighted by Crippen LogP contribution is 2.19. The maximum atomic E-state index is 11.9. The summed E-state index contributed by atoms with van der Waals surface area (Å²) in [5, 5.41) is 3.17. The molecular weight excluding hydrogens is 252 g/mol. The van der Waals surface area contributed by atoms with E-state index in [4.69, 9.17) is 9.47 Å². The van der Waals surface area contributed by atoms with Crippen molar-refractivity contribution in [3.8, 4) is 5.75 Å². The molecule has 0 radical (unpaired) electrons. The lowest BCUT2D eigenvalue weighted by Crippen LogP contribution is -2.29. The molecule has 5 heteroatoms. The number of benzene rings is 1. The van der Waals surface area contributed by atoms with Gasteiger partial charge in [-0.2, -0.15) is 0 Å². The molecule has 1 aromatic carbocycles. The Balaban J connectivity index is 2.43. The first kappa shape index (κ1) is 15.9. The zero-order valence-electron chi connectivity index (χ0n) is 11.4. The molecule has 3 nitrogen and oxygen atoms in total. The lowest BCUT2D eigenvalue weighted by molar-refractivity contribution is 0.0146. The van der Waals surface area contributed by atoms with Gasteiger partial charge in [0.15, 0.2) is 0 Å². The third-order valence-electron chi connectivity index (χ3n) is 2.92. The van der Waals surface area contributed by atoms with Crippen molar-refractivity contribution in [2.24, 2.45) is 0 Å². The first-order chi connectivity index (χ1) is 9.17. The molecule has 1 N–H and O–H groups in total. The molecule has 0 saturated carbocycles. The van der Waals surface area contributed by atoms with Crippen molar-refractivity contribution in [3.63, 3.8) is 0 Å². The van der Waals surface area contributed by atoms with Crippen molar-refractivity contribution in [1.29, 1.82) is 0 Å². The predicted octanol–water partition coefficient (Wildman–Crippen LogP) is 2.50. The van der Waals surface area contributed by atoms with E-state index in [1.807, 2.05) is 31.3 Å². The highest BCUT2D eigenvalue weighted by Gasteiger charge is 2.11. The van der Waals surface area contributed by atoms with Gasteiger partial charge in [-0.25, -0.2) is 8.78 Å². The van der Waals surface area contributed by atoms with Crippen LogP contribution < -0.4 is 10.1 Å². The molecule has 19 heavy (non-hydrogen) atoms. The summed E-state index contributed by atoms with van der Waals surface area (Å²) in [4.78, 5) is 0. The first-order valence-electron chi connectivity index (χ1n) is 6.32. The third-order valence-corrected chi connectivity index (χ3v) is 2.92. The van der Waals surface area contributed by atoms with Crippen molar-refractivity contribution in [2.75, 3.05) is 27.4 Å². The minimum Gasteiger partial charge on any atom is -0.496 e. The maximum absolute atomic E-state index is 11.9. The summed E-state index contributed by atoms with van der Waals surface area (Å²) in [7, 11) is 3.49. The van der Waals surface area contributed by atoms with Crippen molar-refractivity contribution in [2.45, 2.75) is 25.3 Å². The topological polar surface area (TPSA) is 30.5 Å². The Morgan fingerprint density at radius 1 is 1.26 bits per heavy atom. The molecule has 108 valence electrons. The number of likely N-dealkylation sites (N-methyl/N-ethyl adjacent to an activating group) is 1. The second-order valence-corrected chi connectivity index (χ2v) is 4.26. The van der Waals surface area contributed by atoms with Gasteiger partial charge in [0, 0.05) is 12.6 Å². The van der Waals surface area contributed by atoms with Crippen LogP contribution in [0.2, 0.25) is 0 Å². The normalized spacial score (nSPS) is 12.7. The fraction of sp³-hybridized carbons (Fsp3) is 0.571. The molecule has 1 unspecified atom stereocenters. The SMILES string of the molecule is CNC(CCOCC(F)F)Cc1ccccc1OC. The number of ether oxygens (including phenoxy) is 2. The molecule has 0 aliphatic heterocycles. The molecular formula is C14H21F2NO2. The third kappa shape index (κ3) is 5.98. The van der Waals surface area contributed by atoms with Gasteiger partial charge in [-0.15, -0.1) is 0 Å². The van der Waals surface area contributed by atoms with Gasteiger partial charge >= 0.3 is 0 Å². The van der Waals surface area contributed by atoms with Crippen molar-refractivity contribution < 1.29 is 18.3 Å². The monoisotopic (exact) mass is 273 g/mol. The quantitative estimate of drug-likeness (QED) is 0.701. The van der Waals surface area contributed by atoms with E-state index in [2.05, 4.69) is 5.32 Å². The van der Waals surface area contributed by atoms with Crippen LogP contribution in [-0.4, -0.2) is 39.8 Å². The summed E-state index contributed by atoms with van der Waals surface area (Å²) in [6.45, 7) is -0.171. The van der Waals surface area contributed by atoms with Crippen molar-refractivity contribution >= 4 is 0 Å². The Bertz CT molecular complexity index is 361. The molecule has 0 bridgehead atoms. The molecule has 1 atom stereocenters. The van der Waals surface area contributed by atoms with Crippen LogP contribution in [-0.2, 0) is 11.2 Å². The molecule has 1 aromatic rings. The number of nitrogens with one attached hydrogen (secondary N) is 1. The van der Waals surface area contributed by atoms with E-state index in [9.17, 15) is 8.78 Å². The van der Waals surface area contributed by atoms with Crippen LogP contribution in [0.25, 0.3) is 0 Å². The lowest BCUT2D eigenvalue weighted by Gasteiger charge is -2.17. The Labute approximate surface area is 112 Å². The number of alkyl halides is 2. The summed E-state index contributed by atoms with van der Waals surface area (Å²) < 4.78 is 34.0. The summed E-state index contributed by atoms with van der Waals surface area (Å²) in [6, 6.07) is 7.97. The second-order valence-electron chi connectivity index (χ2n) is 4.26. The standard InChI is InChI=1S/C14H21F2NO2/c1-17-12(7-8-19-10-14(15)16)9-11-5-3-4-6-13(11)18-2/h3-6,12,14,17H,7-10H2,1-2H3. The number of para-hydroxylation sites is 1. The van der Waals surface area contributed by atoms with Crippen LogP contribution in [0.15, 0.2) is 24.3 Å². The van der Waals surface area contributed by atoms with E-state index in [-0.39, 0.29) is 6.04 Å². The van der Waals surface area contributed by atoms with Crippen LogP contribution in [0.4, 0.5) is 8.78 Å². The zero-order chi connectivity index (χ0) is 14.1. The van der Waals surface area contributed by atoms with Gasteiger partial charge in [0.25, 0.3) is 6.43 Å². The fourth-order valence-corrected chi connectivity index (χ4v) is 1.88. The predicted molar refractivity (Wildman–Crippen MR) is 71.0 cm³/mol. The molecule has 0 fully saturated rings. The number of hydrogen-bond acceptors (Lipinski definition) is 3. The number of rotatable bonds is 9. The van der Waals surface area contributed by atoms with E-state index in [0.29, 0.717) is 13.0 Å². The minimum absolute atomic E-state index is 0.175. The average Bonchev–Trinajstić information content (AvgIpc) is 2.42. The highest BCUT2D eigenvalue weighted by molar-refractivity contribution is 5.33. The Morgan fingerprint density at radius 3 is 2.63 bits per heavy atom. The molecule has 0 aromatic heterocycles. The summed E-state index contributed by atoms with van der Waals surface area (Å²) in [5.74, 6) is 0.844. The van der Waals surface area contributed by atoms with Gasteiger partial charge in [0.1, 0.15) is 12.4 Å². The van der Waals surface area contributed by atoms with Crippen molar-refractivity contribution in [1.82, 2.24) is 5.32 Å².